The molecule has 0 aliphatic carbocycles. The van der Waals surface area contributed by atoms with Gasteiger partial charge in [0.1, 0.15) is 12.0 Å². The van der Waals surface area contributed by atoms with Gasteiger partial charge in [-0.05, 0) is 0 Å². The van der Waals surface area contributed by atoms with Crippen molar-refractivity contribution < 1.29 is 22.9 Å². The highest BCUT2D eigenvalue weighted by atomic mass is 19.4. The topological polar surface area (TPSA) is 23.2 Å². The number of ether oxygens (including phenoxy) is 1. The molecule has 5 heteroatoms. The average Bonchev–Trinajstić information content (AvgIpc) is 1.56. The SMILES string of the molecule is FC(F)(F)COC1=C[NH+]=[C-]1. The van der Waals surface area contributed by atoms with Crippen LogP contribution in [0.15, 0.2) is 12.0 Å². The van der Waals surface area contributed by atoms with Crippen LogP contribution in [0.4, 0.5) is 13.2 Å². The van der Waals surface area contributed by atoms with E-state index in [2.05, 4.69) is 15.9 Å². The molecule has 0 aromatic rings. The van der Waals surface area contributed by atoms with E-state index in [9.17, 15) is 13.2 Å². The second kappa shape index (κ2) is 2.32. The van der Waals surface area contributed by atoms with Crippen molar-refractivity contribution in [2.75, 3.05) is 6.61 Å². The molecule has 56 valence electrons. The lowest BCUT2D eigenvalue weighted by molar-refractivity contribution is -0.386. The number of hydrogen-bond donors (Lipinski definition) is 1. The fourth-order valence-corrected chi connectivity index (χ4v) is 0.368. The van der Waals surface area contributed by atoms with Crippen LogP contribution in [0.1, 0.15) is 0 Å². The van der Waals surface area contributed by atoms with Crippen molar-refractivity contribution in [1.82, 2.24) is 0 Å². The Morgan fingerprint density at radius 2 is 2.20 bits per heavy atom. The Kier molecular flexibility index (Phi) is 1.65. The molecule has 1 heterocycles. The molecule has 0 aromatic heterocycles. The maximum Gasteiger partial charge on any atom is 0.422 e. The molecule has 0 aromatic carbocycles. The molecule has 0 atom stereocenters. The molecule has 0 amide bonds. The Hall–Kier alpha value is -1.00. The van der Waals surface area contributed by atoms with Gasteiger partial charge in [-0.1, -0.05) is 0 Å². The summed E-state index contributed by atoms with van der Waals surface area (Å²) in [6, 6.07) is 0. The van der Waals surface area contributed by atoms with Crippen molar-refractivity contribution in [2.24, 2.45) is 0 Å². The first-order chi connectivity index (χ1) is 4.58. The van der Waals surface area contributed by atoms with Gasteiger partial charge in [-0.15, -0.1) is 0 Å². The van der Waals surface area contributed by atoms with Gasteiger partial charge in [0.2, 0.25) is 0 Å². The molecule has 0 fully saturated rings. The van der Waals surface area contributed by atoms with Crippen LogP contribution in [0, 0.1) is 0 Å². The highest BCUT2D eigenvalue weighted by molar-refractivity contribution is 5.73. The molecule has 2 nitrogen and oxygen atoms in total. The molecule has 0 unspecified atom stereocenters. The van der Waals surface area contributed by atoms with E-state index in [1.165, 1.54) is 6.20 Å². The molecule has 0 saturated heterocycles. The molecular weight excluding hydrogens is 147 g/mol. The molecule has 0 spiro atoms. The van der Waals surface area contributed by atoms with E-state index in [0.29, 0.717) is 0 Å². The van der Waals surface area contributed by atoms with Crippen LogP contribution in [-0.4, -0.2) is 19.0 Å². The number of alkyl halides is 3. The van der Waals surface area contributed by atoms with Crippen LogP contribution >= 0.6 is 0 Å². The minimum atomic E-state index is -4.27. The van der Waals surface area contributed by atoms with Crippen molar-refractivity contribution >= 4 is 6.21 Å². The maximum atomic E-state index is 11.4. The Labute approximate surface area is 55.0 Å². The summed E-state index contributed by atoms with van der Waals surface area (Å²) in [6.45, 7) is -1.26. The van der Waals surface area contributed by atoms with E-state index < -0.39 is 12.8 Å². The minimum Gasteiger partial charge on any atom is -0.498 e. The van der Waals surface area contributed by atoms with Gasteiger partial charge in [0.05, 0.1) is 0 Å². The van der Waals surface area contributed by atoms with Crippen LogP contribution in [0.3, 0.4) is 0 Å². The lowest BCUT2D eigenvalue weighted by Gasteiger charge is -2.10. The standard InChI is InChI=1S/C5H4F3NO/c6-5(7,8)3-10-4-1-9-2-4/h1,9H,3H2. The van der Waals surface area contributed by atoms with Crippen molar-refractivity contribution in [2.45, 2.75) is 6.18 Å². The first-order valence-electron chi connectivity index (χ1n) is 2.49. The summed E-state index contributed by atoms with van der Waals surface area (Å²) in [6.07, 6.45) is -0.661. The largest absolute Gasteiger partial charge is 0.498 e. The first kappa shape index (κ1) is 7.11. The van der Waals surface area contributed by atoms with Gasteiger partial charge in [0.15, 0.2) is 12.8 Å². The van der Waals surface area contributed by atoms with Gasteiger partial charge < -0.3 is 9.73 Å². The fourth-order valence-electron chi connectivity index (χ4n) is 0.368. The quantitative estimate of drug-likeness (QED) is 0.526. The Morgan fingerprint density at radius 1 is 1.60 bits per heavy atom. The second-order valence-corrected chi connectivity index (χ2v) is 1.68. The summed E-state index contributed by atoms with van der Waals surface area (Å²) >= 11 is 0. The van der Waals surface area contributed by atoms with E-state index in [1.54, 1.807) is 0 Å². The Balaban J connectivity index is 2.17. The smallest absolute Gasteiger partial charge is 0.422 e. The van der Waals surface area contributed by atoms with E-state index in [1.807, 2.05) is 0 Å². The van der Waals surface area contributed by atoms with Gasteiger partial charge in [0, 0.05) is 0 Å². The van der Waals surface area contributed by atoms with E-state index in [4.69, 9.17) is 0 Å². The fraction of sp³-hybridized carbons (Fsp3) is 0.400. The maximum absolute atomic E-state index is 11.4. The lowest BCUT2D eigenvalue weighted by Crippen LogP contribution is -2.68. The summed E-state index contributed by atoms with van der Waals surface area (Å²) in [5.41, 5.74) is 0. The van der Waals surface area contributed by atoms with Gasteiger partial charge in [-0.25, -0.2) is 0 Å². The Morgan fingerprint density at radius 3 is 2.50 bits per heavy atom. The number of nitrogens with one attached hydrogen (secondary N) is 1. The predicted octanol–water partition coefficient (Wildman–Crippen LogP) is -0.551. The van der Waals surface area contributed by atoms with Gasteiger partial charge in [-0.2, -0.15) is 13.2 Å². The zero-order valence-corrected chi connectivity index (χ0v) is 4.83. The molecule has 10 heavy (non-hydrogen) atoms. The number of rotatable bonds is 2. The van der Waals surface area contributed by atoms with Crippen LogP contribution < -0.4 is 4.99 Å². The summed E-state index contributed by atoms with van der Waals surface area (Å²) in [5.74, 6) is 0.109. The molecule has 1 N–H and O–H groups in total. The predicted molar refractivity (Wildman–Crippen MR) is 26.1 cm³/mol. The molecule has 1 aliphatic heterocycles. The molecule has 1 aliphatic rings. The number of allylic oxidation sites excluding steroid dienone is 1. The third-order valence-corrected chi connectivity index (χ3v) is 0.790. The van der Waals surface area contributed by atoms with Crippen LogP contribution in [0.25, 0.3) is 0 Å². The molecular formula is C5H4F3NO. The highest BCUT2D eigenvalue weighted by Crippen LogP contribution is 2.15. The second-order valence-electron chi connectivity index (χ2n) is 1.68. The van der Waals surface area contributed by atoms with Crippen LogP contribution in [0.5, 0.6) is 0 Å². The van der Waals surface area contributed by atoms with Crippen LogP contribution in [0.2, 0.25) is 0 Å². The first-order valence-corrected chi connectivity index (χ1v) is 2.49. The number of halogens is 3. The zero-order valence-electron chi connectivity index (χ0n) is 4.83. The molecule has 0 bridgehead atoms. The van der Waals surface area contributed by atoms with E-state index in [0.717, 1.165) is 0 Å². The summed E-state index contributed by atoms with van der Waals surface area (Å²) in [4.78, 5) is 2.39. The average molecular weight is 151 g/mol. The highest BCUT2D eigenvalue weighted by Gasteiger charge is 2.28. The van der Waals surface area contributed by atoms with Crippen molar-refractivity contribution in [3.63, 3.8) is 0 Å². The van der Waals surface area contributed by atoms with E-state index >= 15 is 0 Å². The summed E-state index contributed by atoms with van der Waals surface area (Å²) < 4.78 is 38.3. The van der Waals surface area contributed by atoms with Crippen LogP contribution in [-0.2, 0) is 4.74 Å². The normalized spacial score (nSPS) is 16.1. The van der Waals surface area contributed by atoms with Crippen molar-refractivity contribution in [3.8, 4) is 0 Å². The summed E-state index contributed by atoms with van der Waals surface area (Å²) in [5, 5.41) is 0. The third kappa shape index (κ3) is 2.08. The monoisotopic (exact) mass is 151 g/mol. The lowest BCUT2D eigenvalue weighted by atomic mass is 10.5. The third-order valence-electron chi connectivity index (χ3n) is 0.790. The number of hydrogen-bond acceptors (Lipinski definition) is 1. The van der Waals surface area contributed by atoms with Gasteiger partial charge in [-0.3, -0.25) is 0 Å². The minimum absolute atomic E-state index is 0.109. The molecule has 1 rings (SSSR count). The van der Waals surface area contributed by atoms with Gasteiger partial charge >= 0.3 is 6.18 Å². The van der Waals surface area contributed by atoms with E-state index in [-0.39, 0.29) is 5.76 Å². The van der Waals surface area contributed by atoms with Crippen molar-refractivity contribution in [3.05, 3.63) is 12.0 Å². The zero-order chi connectivity index (χ0) is 7.61. The van der Waals surface area contributed by atoms with Crippen molar-refractivity contribution in [1.29, 1.82) is 0 Å². The Bertz CT molecular complexity index is 182. The molecule has 0 saturated carbocycles. The molecule has 0 radical (unpaired) electrons. The summed E-state index contributed by atoms with van der Waals surface area (Å²) in [7, 11) is 0. The van der Waals surface area contributed by atoms with Gasteiger partial charge in [0.25, 0.3) is 0 Å².